The van der Waals surface area contributed by atoms with Crippen LogP contribution in [-0.4, -0.2) is 19.8 Å². The molecule has 1 aliphatic rings. The van der Waals surface area contributed by atoms with Crippen LogP contribution in [0.1, 0.15) is 6.42 Å². The van der Waals surface area contributed by atoms with E-state index in [1.807, 2.05) is 24.3 Å². The van der Waals surface area contributed by atoms with E-state index in [-0.39, 0.29) is 0 Å². The lowest BCUT2D eigenvalue weighted by atomic mass is 10.1. The fourth-order valence-electron chi connectivity index (χ4n) is 1.49. The number of rotatable bonds is 3. The summed E-state index contributed by atoms with van der Waals surface area (Å²) in [6.07, 6.45) is 1.11. The van der Waals surface area contributed by atoms with E-state index in [4.69, 9.17) is 15.2 Å². The number of ether oxygens (including phenoxy) is 2. The summed E-state index contributed by atoms with van der Waals surface area (Å²) >= 11 is 0. The Labute approximate surface area is 83.8 Å². The van der Waals surface area contributed by atoms with Gasteiger partial charge >= 0.3 is 0 Å². The van der Waals surface area contributed by atoms with E-state index in [2.05, 4.69) is 0 Å². The highest BCUT2D eigenvalue weighted by molar-refractivity contribution is 5.41. The standard InChI is InChI=1S/C11H15NO2/c12-10-1-3-11(4-2-10)14-8-9-5-6-13-7-9/h1-4,9H,5-8,12H2/t9-/m0/s1. The molecule has 1 heterocycles. The molecule has 2 N–H and O–H groups in total. The predicted molar refractivity (Wildman–Crippen MR) is 55.3 cm³/mol. The summed E-state index contributed by atoms with van der Waals surface area (Å²) in [4.78, 5) is 0. The molecule has 0 spiro atoms. The van der Waals surface area contributed by atoms with Crippen LogP contribution in [0.3, 0.4) is 0 Å². The third-order valence-corrected chi connectivity index (χ3v) is 2.39. The number of hydrogen-bond donors (Lipinski definition) is 1. The molecule has 76 valence electrons. The normalized spacial score (nSPS) is 21.0. The van der Waals surface area contributed by atoms with E-state index >= 15 is 0 Å². The third kappa shape index (κ3) is 2.39. The molecule has 0 saturated carbocycles. The maximum absolute atomic E-state index is 5.61. The Morgan fingerprint density at radius 3 is 2.79 bits per heavy atom. The largest absolute Gasteiger partial charge is 0.493 e. The SMILES string of the molecule is Nc1ccc(OC[C@H]2CCOC2)cc1. The first kappa shape index (κ1) is 9.34. The van der Waals surface area contributed by atoms with E-state index in [0.717, 1.165) is 37.7 Å². The van der Waals surface area contributed by atoms with Gasteiger partial charge in [0.1, 0.15) is 5.75 Å². The van der Waals surface area contributed by atoms with Crippen molar-refractivity contribution in [3.63, 3.8) is 0 Å². The molecule has 14 heavy (non-hydrogen) atoms. The molecule has 0 aliphatic carbocycles. The molecule has 2 rings (SSSR count). The van der Waals surface area contributed by atoms with Crippen LogP contribution in [0.25, 0.3) is 0 Å². The van der Waals surface area contributed by atoms with Crippen LogP contribution in [0, 0.1) is 5.92 Å². The lowest BCUT2D eigenvalue weighted by Gasteiger charge is -2.10. The van der Waals surface area contributed by atoms with Crippen LogP contribution in [0.15, 0.2) is 24.3 Å². The first-order valence-electron chi connectivity index (χ1n) is 4.90. The number of nitrogens with two attached hydrogens (primary N) is 1. The van der Waals surface area contributed by atoms with E-state index in [9.17, 15) is 0 Å². The van der Waals surface area contributed by atoms with Crippen molar-refractivity contribution in [2.75, 3.05) is 25.6 Å². The number of nitrogen functional groups attached to an aromatic ring is 1. The zero-order valence-electron chi connectivity index (χ0n) is 8.11. The van der Waals surface area contributed by atoms with Crippen molar-refractivity contribution in [2.45, 2.75) is 6.42 Å². The van der Waals surface area contributed by atoms with Crippen LogP contribution in [0.5, 0.6) is 5.75 Å². The summed E-state index contributed by atoms with van der Waals surface area (Å²) in [5.41, 5.74) is 6.33. The van der Waals surface area contributed by atoms with E-state index in [0.29, 0.717) is 5.92 Å². The highest BCUT2D eigenvalue weighted by atomic mass is 16.5. The van der Waals surface area contributed by atoms with Gasteiger partial charge in [0, 0.05) is 18.2 Å². The second kappa shape index (κ2) is 4.33. The zero-order valence-corrected chi connectivity index (χ0v) is 8.11. The molecule has 3 nitrogen and oxygen atoms in total. The van der Waals surface area contributed by atoms with Crippen molar-refractivity contribution in [3.8, 4) is 5.75 Å². The van der Waals surface area contributed by atoms with Crippen LogP contribution < -0.4 is 10.5 Å². The van der Waals surface area contributed by atoms with E-state index in [1.165, 1.54) is 0 Å². The second-order valence-electron chi connectivity index (χ2n) is 3.61. The van der Waals surface area contributed by atoms with E-state index in [1.54, 1.807) is 0 Å². The third-order valence-electron chi connectivity index (χ3n) is 2.39. The summed E-state index contributed by atoms with van der Waals surface area (Å²) in [7, 11) is 0. The van der Waals surface area contributed by atoms with Gasteiger partial charge in [-0.15, -0.1) is 0 Å². The summed E-state index contributed by atoms with van der Waals surface area (Å²) in [5, 5.41) is 0. The van der Waals surface area contributed by atoms with Gasteiger partial charge in [0.2, 0.25) is 0 Å². The van der Waals surface area contributed by atoms with E-state index < -0.39 is 0 Å². The van der Waals surface area contributed by atoms with Crippen LogP contribution >= 0.6 is 0 Å². The summed E-state index contributed by atoms with van der Waals surface area (Å²) in [6.45, 7) is 2.44. The average molecular weight is 193 g/mol. The monoisotopic (exact) mass is 193 g/mol. The summed E-state index contributed by atoms with van der Waals surface area (Å²) in [6, 6.07) is 7.48. The summed E-state index contributed by atoms with van der Waals surface area (Å²) < 4.78 is 10.9. The summed E-state index contributed by atoms with van der Waals surface area (Å²) in [5.74, 6) is 1.43. The van der Waals surface area contributed by atoms with Crippen molar-refractivity contribution < 1.29 is 9.47 Å². The molecule has 1 saturated heterocycles. The zero-order chi connectivity index (χ0) is 9.80. The van der Waals surface area contributed by atoms with Crippen molar-refractivity contribution in [3.05, 3.63) is 24.3 Å². The van der Waals surface area contributed by atoms with Gasteiger partial charge in [-0.1, -0.05) is 0 Å². The Morgan fingerprint density at radius 1 is 1.36 bits per heavy atom. The Bertz CT molecular complexity index is 278. The van der Waals surface area contributed by atoms with Crippen molar-refractivity contribution in [1.29, 1.82) is 0 Å². The number of benzene rings is 1. The molecule has 0 unspecified atom stereocenters. The molecule has 0 radical (unpaired) electrons. The smallest absolute Gasteiger partial charge is 0.119 e. The molecule has 1 fully saturated rings. The van der Waals surface area contributed by atoms with Gasteiger partial charge in [0.05, 0.1) is 13.2 Å². The van der Waals surface area contributed by atoms with Gasteiger partial charge in [-0.2, -0.15) is 0 Å². The van der Waals surface area contributed by atoms with Gasteiger partial charge in [-0.05, 0) is 30.7 Å². The van der Waals surface area contributed by atoms with Crippen molar-refractivity contribution in [1.82, 2.24) is 0 Å². The lowest BCUT2D eigenvalue weighted by molar-refractivity contribution is 0.167. The van der Waals surface area contributed by atoms with Crippen molar-refractivity contribution >= 4 is 5.69 Å². The maximum atomic E-state index is 5.61. The molecule has 1 aromatic carbocycles. The van der Waals surface area contributed by atoms with Gasteiger partial charge in [0.15, 0.2) is 0 Å². The quantitative estimate of drug-likeness (QED) is 0.743. The van der Waals surface area contributed by atoms with Crippen LogP contribution in [0.4, 0.5) is 5.69 Å². The molecule has 1 atom stereocenters. The highest BCUT2D eigenvalue weighted by Gasteiger charge is 2.15. The molecule has 0 bridgehead atoms. The van der Waals surface area contributed by atoms with Crippen LogP contribution in [0.2, 0.25) is 0 Å². The molecular weight excluding hydrogens is 178 g/mol. The van der Waals surface area contributed by atoms with Gasteiger partial charge < -0.3 is 15.2 Å². The van der Waals surface area contributed by atoms with Gasteiger partial charge in [-0.25, -0.2) is 0 Å². The minimum Gasteiger partial charge on any atom is -0.493 e. The van der Waals surface area contributed by atoms with Crippen LogP contribution in [-0.2, 0) is 4.74 Å². The molecule has 1 aliphatic heterocycles. The van der Waals surface area contributed by atoms with Gasteiger partial charge in [-0.3, -0.25) is 0 Å². The molecule has 0 amide bonds. The molecule has 3 heteroatoms. The predicted octanol–water partition coefficient (Wildman–Crippen LogP) is 1.68. The molecule has 1 aromatic rings. The number of anilines is 1. The minimum atomic E-state index is 0.549. The van der Waals surface area contributed by atoms with Crippen molar-refractivity contribution in [2.24, 2.45) is 5.92 Å². The Kier molecular flexibility index (Phi) is 2.89. The highest BCUT2D eigenvalue weighted by Crippen LogP contribution is 2.17. The first-order chi connectivity index (χ1) is 6.84. The topological polar surface area (TPSA) is 44.5 Å². The molecular formula is C11H15NO2. The fourth-order valence-corrected chi connectivity index (χ4v) is 1.49. The maximum Gasteiger partial charge on any atom is 0.119 e. The Hall–Kier alpha value is -1.22. The minimum absolute atomic E-state index is 0.549. The Balaban J connectivity index is 1.82. The fraction of sp³-hybridized carbons (Fsp3) is 0.455. The number of hydrogen-bond acceptors (Lipinski definition) is 3. The Morgan fingerprint density at radius 2 is 2.14 bits per heavy atom. The first-order valence-corrected chi connectivity index (χ1v) is 4.90. The van der Waals surface area contributed by atoms with Gasteiger partial charge in [0.25, 0.3) is 0 Å². The molecule has 0 aromatic heterocycles. The second-order valence-corrected chi connectivity index (χ2v) is 3.61. The average Bonchev–Trinajstić information content (AvgIpc) is 2.70. The lowest BCUT2D eigenvalue weighted by Crippen LogP contribution is -2.11.